The first-order valence-electron chi connectivity index (χ1n) is 6.96. The number of esters is 1. The fourth-order valence-electron chi connectivity index (χ4n) is 1.79. The van der Waals surface area contributed by atoms with Crippen molar-refractivity contribution in [1.29, 1.82) is 0 Å². The predicted octanol–water partition coefficient (Wildman–Crippen LogP) is 2.16. The molecule has 1 atom stereocenters. The summed E-state index contributed by atoms with van der Waals surface area (Å²) >= 11 is 0. The van der Waals surface area contributed by atoms with Crippen LogP contribution < -0.4 is 0 Å². The van der Waals surface area contributed by atoms with Gasteiger partial charge in [-0.2, -0.15) is 0 Å². The van der Waals surface area contributed by atoms with Gasteiger partial charge in [0.15, 0.2) is 9.84 Å². The van der Waals surface area contributed by atoms with E-state index in [1.54, 1.807) is 38.1 Å². The maximum Gasteiger partial charge on any atom is 0.332 e. The number of hydrogen-bond acceptors (Lipinski definition) is 5. The second-order valence-corrected chi connectivity index (χ2v) is 6.97. The summed E-state index contributed by atoms with van der Waals surface area (Å²) in [4.78, 5) is 11.5. The van der Waals surface area contributed by atoms with Crippen molar-refractivity contribution in [2.24, 2.45) is 0 Å². The molecule has 5 nitrogen and oxygen atoms in total. The molecule has 0 unspecified atom stereocenters. The first-order chi connectivity index (χ1) is 9.90. The summed E-state index contributed by atoms with van der Waals surface area (Å²) in [5, 5.41) is 0. The Hall–Kier alpha value is -1.40. The van der Waals surface area contributed by atoms with Gasteiger partial charge in [-0.25, -0.2) is 13.2 Å². The van der Waals surface area contributed by atoms with Gasteiger partial charge in [0.05, 0.1) is 23.9 Å². The predicted molar refractivity (Wildman–Crippen MR) is 80.0 cm³/mol. The van der Waals surface area contributed by atoms with Crippen LogP contribution in [0.4, 0.5) is 0 Å². The minimum absolute atomic E-state index is 0.0674. The highest BCUT2D eigenvalue weighted by Crippen LogP contribution is 2.19. The lowest BCUT2D eigenvalue weighted by atomic mass is 10.0. The zero-order chi connectivity index (χ0) is 15.9. The maximum absolute atomic E-state index is 11.7. The molecule has 1 aromatic carbocycles. The van der Waals surface area contributed by atoms with Gasteiger partial charge in [0.2, 0.25) is 0 Å². The van der Waals surface area contributed by atoms with E-state index in [1.165, 1.54) is 0 Å². The Labute approximate surface area is 126 Å². The van der Waals surface area contributed by atoms with E-state index in [-0.39, 0.29) is 24.2 Å². The Morgan fingerprint density at radius 2 is 1.81 bits per heavy atom. The summed E-state index contributed by atoms with van der Waals surface area (Å²) in [6.07, 6.45) is 0. The van der Waals surface area contributed by atoms with E-state index in [9.17, 15) is 13.2 Å². The molecule has 0 aliphatic carbocycles. The van der Waals surface area contributed by atoms with E-state index < -0.39 is 9.84 Å². The summed E-state index contributed by atoms with van der Waals surface area (Å²) in [6, 6.07) is 6.77. The number of carbonyl (C=O) groups excluding carboxylic acids is 1. The third-order valence-electron chi connectivity index (χ3n) is 3.08. The summed E-state index contributed by atoms with van der Waals surface area (Å²) in [5.41, 5.74) is 0.967. The van der Waals surface area contributed by atoms with Crippen molar-refractivity contribution < 1.29 is 22.7 Å². The van der Waals surface area contributed by atoms with Crippen molar-refractivity contribution in [3.63, 3.8) is 0 Å². The molecule has 0 bridgehead atoms. The third kappa shape index (κ3) is 5.47. The summed E-state index contributed by atoms with van der Waals surface area (Å²) in [5.74, 6) is -0.225. The number of benzene rings is 1. The lowest BCUT2D eigenvalue weighted by Gasteiger charge is -2.13. The van der Waals surface area contributed by atoms with Crippen LogP contribution in [0.25, 0.3) is 0 Å². The first kappa shape index (κ1) is 17.7. The third-order valence-corrected chi connectivity index (χ3v) is 4.83. The summed E-state index contributed by atoms with van der Waals surface area (Å²) in [7, 11) is -3.17. The molecule has 0 radical (unpaired) electrons. The highest BCUT2D eigenvalue weighted by molar-refractivity contribution is 7.91. The van der Waals surface area contributed by atoms with Crippen molar-refractivity contribution in [3.05, 3.63) is 29.8 Å². The van der Waals surface area contributed by atoms with Crippen LogP contribution in [-0.4, -0.2) is 40.0 Å². The second-order valence-electron chi connectivity index (χ2n) is 4.69. The zero-order valence-corrected chi connectivity index (χ0v) is 13.5. The van der Waals surface area contributed by atoms with E-state index in [4.69, 9.17) is 9.47 Å². The van der Waals surface area contributed by atoms with Crippen LogP contribution in [0, 0.1) is 0 Å². The normalized spacial score (nSPS) is 12.9. The maximum atomic E-state index is 11.7. The minimum atomic E-state index is -3.17. The molecule has 0 spiro atoms. The molecule has 6 heteroatoms. The smallest absolute Gasteiger partial charge is 0.332 e. The van der Waals surface area contributed by atoms with Crippen LogP contribution in [0.5, 0.6) is 0 Å². The molecule has 118 valence electrons. The summed E-state index contributed by atoms with van der Waals surface area (Å²) < 4.78 is 33.5. The molecule has 0 saturated carbocycles. The fourth-order valence-corrected chi connectivity index (χ4v) is 2.67. The lowest BCUT2D eigenvalue weighted by molar-refractivity contribution is -0.148. The van der Waals surface area contributed by atoms with E-state index in [1.807, 2.05) is 6.92 Å². The van der Waals surface area contributed by atoms with Gasteiger partial charge >= 0.3 is 5.97 Å². The van der Waals surface area contributed by atoms with Crippen LogP contribution >= 0.6 is 0 Å². The Balaban J connectivity index is 2.56. The molecular formula is C15H22O5S. The minimum Gasteiger partial charge on any atom is -0.464 e. The summed E-state index contributed by atoms with van der Waals surface area (Å²) in [6.45, 7) is 5.96. The Morgan fingerprint density at radius 3 is 2.33 bits per heavy atom. The van der Waals surface area contributed by atoms with Crippen LogP contribution in [0.15, 0.2) is 29.2 Å². The van der Waals surface area contributed by atoms with Gasteiger partial charge in [0.1, 0.15) is 6.61 Å². The first-order valence-corrected chi connectivity index (χ1v) is 8.62. The number of rotatable bonds is 8. The molecule has 0 heterocycles. The van der Waals surface area contributed by atoms with Crippen molar-refractivity contribution in [3.8, 4) is 0 Å². The van der Waals surface area contributed by atoms with Crippen molar-refractivity contribution in [1.82, 2.24) is 0 Å². The van der Waals surface area contributed by atoms with Crippen LogP contribution in [0.2, 0.25) is 0 Å². The number of sulfone groups is 1. The van der Waals surface area contributed by atoms with Crippen LogP contribution in [-0.2, 0) is 24.1 Å². The van der Waals surface area contributed by atoms with Gasteiger partial charge < -0.3 is 9.47 Å². The molecule has 0 N–H and O–H groups in total. The highest BCUT2D eigenvalue weighted by atomic mass is 32.2. The van der Waals surface area contributed by atoms with E-state index in [0.717, 1.165) is 5.56 Å². The average Bonchev–Trinajstić information content (AvgIpc) is 2.47. The molecule has 0 aromatic heterocycles. The van der Waals surface area contributed by atoms with E-state index in [2.05, 4.69) is 0 Å². The van der Waals surface area contributed by atoms with Gasteiger partial charge in [-0.05, 0) is 24.6 Å². The molecular weight excluding hydrogens is 292 g/mol. The SMILES string of the molecule is CCOC(=O)COC[C@H](C)c1ccc(S(=O)(=O)CC)cc1. The van der Waals surface area contributed by atoms with Crippen LogP contribution in [0.1, 0.15) is 32.3 Å². The standard InChI is InChI=1S/C15H22O5S/c1-4-20-15(16)11-19-10-12(3)13-6-8-14(9-7-13)21(17,18)5-2/h6-9,12H,4-5,10-11H2,1-3H3/t12-/m0/s1. The van der Waals surface area contributed by atoms with Crippen molar-refractivity contribution >= 4 is 15.8 Å². The van der Waals surface area contributed by atoms with E-state index in [0.29, 0.717) is 18.1 Å². The molecule has 0 amide bonds. The Bertz CT molecular complexity index is 548. The van der Waals surface area contributed by atoms with Gasteiger partial charge in [-0.1, -0.05) is 26.0 Å². The Morgan fingerprint density at radius 1 is 1.19 bits per heavy atom. The molecule has 0 aliphatic heterocycles. The number of hydrogen-bond donors (Lipinski definition) is 0. The van der Waals surface area contributed by atoms with Gasteiger partial charge in [0.25, 0.3) is 0 Å². The molecule has 0 fully saturated rings. The zero-order valence-electron chi connectivity index (χ0n) is 12.7. The molecule has 21 heavy (non-hydrogen) atoms. The van der Waals surface area contributed by atoms with Crippen molar-refractivity contribution in [2.45, 2.75) is 31.6 Å². The number of ether oxygens (including phenoxy) is 2. The molecule has 0 saturated heterocycles. The largest absolute Gasteiger partial charge is 0.464 e. The van der Waals surface area contributed by atoms with Gasteiger partial charge in [0, 0.05) is 5.92 Å². The van der Waals surface area contributed by atoms with Gasteiger partial charge in [-0.15, -0.1) is 0 Å². The number of carbonyl (C=O) groups is 1. The van der Waals surface area contributed by atoms with Gasteiger partial charge in [-0.3, -0.25) is 0 Å². The van der Waals surface area contributed by atoms with Crippen molar-refractivity contribution in [2.75, 3.05) is 25.6 Å². The van der Waals surface area contributed by atoms with Crippen LogP contribution in [0.3, 0.4) is 0 Å². The topological polar surface area (TPSA) is 69.7 Å². The average molecular weight is 314 g/mol. The Kier molecular flexibility index (Phi) is 6.84. The second kappa shape index (κ2) is 8.14. The lowest BCUT2D eigenvalue weighted by Crippen LogP contribution is -2.15. The quantitative estimate of drug-likeness (QED) is 0.688. The molecule has 1 rings (SSSR count). The highest BCUT2D eigenvalue weighted by Gasteiger charge is 2.13. The monoisotopic (exact) mass is 314 g/mol. The molecule has 0 aliphatic rings. The fraction of sp³-hybridized carbons (Fsp3) is 0.533. The van der Waals surface area contributed by atoms with E-state index >= 15 is 0 Å². The molecule has 1 aromatic rings.